The Kier molecular flexibility index (Phi) is 3.84. The summed E-state index contributed by atoms with van der Waals surface area (Å²) in [5.74, 6) is 0.727. The van der Waals surface area contributed by atoms with Gasteiger partial charge in [0.2, 0.25) is 0 Å². The van der Waals surface area contributed by atoms with Crippen molar-refractivity contribution in [2.75, 3.05) is 0 Å². The van der Waals surface area contributed by atoms with E-state index >= 15 is 0 Å². The van der Waals surface area contributed by atoms with Crippen LogP contribution in [-0.2, 0) is 19.3 Å². The van der Waals surface area contributed by atoms with E-state index in [4.69, 9.17) is 0 Å². The summed E-state index contributed by atoms with van der Waals surface area (Å²) in [6.45, 7) is 0. The molecule has 0 bridgehead atoms. The topological polar surface area (TPSA) is 0 Å². The second-order valence-electron chi connectivity index (χ2n) is 6.80. The lowest BCUT2D eigenvalue weighted by molar-refractivity contribution is 0.598. The molecule has 0 radical (unpaired) electrons. The molecule has 4 rings (SSSR count). The molecule has 2 aliphatic rings. The zero-order valence-electron chi connectivity index (χ0n) is 13.2. The summed E-state index contributed by atoms with van der Waals surface area (Å²) in [4.78, 5) is 0. The van der Waals surface area contributed by atoms with Crippen molar-refractivity contribution in [1.82, 2.24) is 0 Å². The first-order valence-electron chi connectivity index (χ1n) is 8.76. The van der Waals surface area contributed by atoms with Crippen LogP contribution in [0.15, 0.2) is 48.5 Å². The normalized spacial score (nSPS) is 18.2. The van der Waals surface area contributed by atoms with Gasteiger partial charge in [-0.3, -0.25) is 0 Å². The standard InChI is InChI=1S/C22H24/c1-2-6-19-14-15-22(16-21(19)9-3-1)20-12-10-17-7-4-5-8-18(17)11-13-20/h2,4-8,14-16,20H,1,3,9-13H2. The summed E-state index contributed by atoms with van der Waals surface area (Å²) in [5.41, 5.74) is 7.72. The van der Waals surface area contributed by atoms with Crippen molar-refractivity contribution >= 4 is 6.08 Å². The number of aryl methyl sites for hydroxylation is 3. The van der Waals surface area contributed by atoms with Gasteiger partial charge in [0.25, 0.3) is 0 Å². The van der Waals surface area contributed by atoms with Crippen molar-refractivity contribution in [3.05, 3.63) is 76.4 Å². The van der Waals surface area contributed by atoms with Crippen LogP contribution in [0.2, 0.25) is 0 Å². The molecule has 2 aliphatic carbocycles. The van der Waals surface area contributed by atoms with Crippen LogP contribution in [0.1, 0.15) is 59.4 Å². The molecule has 0 aromatic heterocycles. The number of allylic oxidation sites excluding steroid dienone is 1. The van der Waals surface area contributed by atoms with E-state index in [0.717, 1.165) is 5.92 Å². The maximum atomic E-state index is 2.51. The third kappa shape index (κ3) is 2.75. The Morgan fingerprint density at radius 2 is 1.55 bits per heavy atom. The Morgan fingerprint density at radius 3 is 2.32 bits per heavy atom. The highest BCUT2D eigenvalue weighted by atomic mass is 14.2. The van der Waals surface area contributed by atoms with E-state index in [-0.39, 0.29) is 0 Å². The fourth-order valence-electron chi connectivity index (χ4n) is 4.06. The highest BCUT2D eigenvalue weighted by Crippen LogP contribution is 2.33. The molecule has 0 saturated heterocycles. The first kappa shape index (κ1) is 13.8. The monoisotopic (exact) mass is 288 g/mol. The molecule has 0 heterocycles. The maximum absolute atomic E-state index is 2.51. The molecule has 0 atom stereocenters. The van der Waals surface area contributed by atoms with Gasteiger partial charge >= 0.3 is 0 Å². The number of hydrogen-bond donors (Lipinski definition) is 0. The predicted molar refractivity (Wildman–Crippen MR) is 94.2 cm³/mol. The van der Waals surface area contributed by atoms with E-state index < -0.39 is 0 Å². The average molecular weight is 288 g/mol. The fourth-order valence-corrected chi connectivity index (χ4v) is 4.06. The van der Waals surface area contributed by atoms with Gasteiger partial charge in [0.05, 0.1) is 0 Å². The minimum atomic E-state index is 0.727. The van der Waals surface area contributed by atoms with Gasteiger partial charge in [-0.05, 0) is 78.7 Å². The first-order chi connectivity index (χ1) is 10.9. The molecule has 0 aliphatic heterocycles. The average Bonchev–Trinajstić information content (AvgIpc) is 2.92. The number of fused-ring (bicyclic) bond motifs is 2. The van der Waals surface area contributed by atoms with Gasteiger partial charge in [0.15, 0.2) is 0 Å². The van der Waals surface area contributed by atoms with E-state index in [1.807, 2.05) is 0 Å². The number of benzene rings is 2. The molecule has 0 unspecified atom stereocenters. The Morgan fingerprint density at radius 1 is 0.773 bits per heavy atom. The van der Waals surface area contributed by atoms with Gasteiger partial charge in [0, 0.05) is 0 Å². The largest absolute Gasteiger partial charge is 0.0839 e. The van der Waals surface area contributed by atoms with Gasteiger partial charge in [-0.1, -0.05) is 54.6 Å². The van der Waals surface area contributed by atoms with Crippen LogP contribution in [0.5, 0.6) is 0 Å². The smallest absolute Gasteiger partial charge is 0.0156 e. The van der Waals surface area contributed by atoms with Crippen LogP contribution in [-0.4, -0.2) is 0 Å². The van der Waals surface area contributed by atoms with Gasteiger partial charge in [-0.25, -0.2) is 0 Å². The molecule has 112 valence electrons. The molecule has 0 nitrogen and oxygen atoms in total. The summed E-state index contributed by atoms with van der Waals surface area (Å²) in [5, 5.41) is 0. The van der Waals surface area contributed by atoms with Crippen molar-refractivity contribution in [3.63, 3.8) is 0 Å². The molecule has 2 aromatic rings. The summed E-state index contributed by atoms with van der Waals surface area (Å²) in [7, 11) is 0. The zero-order valence-corrected chi connectivity index (χ0v) is 13.2. The molecule has 0 fully saturated rings. The third-order valence-corrected chi connectivity index (χ3v) is 5.40. The predicted octanol–water partition coefficient (Wildman–Crippen LogP) is 5.70. The van der Waals surface area contributed by atoms with Crippen LogP contribution >= 0.6 is 0 Å². The van der Waals surface area contributed by atoms with Crippen LogP contribution in [0.25, 0.3) is 6.08 Å². The zero-order chi connectivity index (χ0) is 14.8. The minimum Gasteiger partial charge on any atom is -0.0839 e. The Balaban J connectivity index is 1.58. The lowest BCUT2D eigenvalue weighted by Gasteiger charge is -2.16. The Bertz CT molecular complexity index is 666. The summed E-state index contributed by atoms with van der Waals surface area (Å²) in [6.07, 6.45) is 13.5. The lowest BCUT2D eigenvalue weighted by Crippen LogP contribution is -2.01. The van der Waals surface area contributed by atoms with Gasteiger partial charge in [-0.2, -0.15) is 0 Å². The number of rotatable bonds is 1. The van der Waals surface area contributed by atoms with E-state index in [1.54, 1.807) is 22.3 Å². The minimum absolute atomic E-state index is 0.727. The fraction of sp³-hybridized carbons (Fsp3) is 0.364. The van der Waals surface area contributed by atoms with E-state index in [1.165, 1.54) is 50.5 Å². The first-order valence-corrected chi connectivity index (χ1v) is 8.76. The lowest BCUT2D eigenvalue weighted by atomic mass is 9.88. The second-order valence-corrected chi connectivity index (χ2v) is 6.80. The third-order valence-electron chi connectivity index (χ3n) is 5.40. The highest BCUT2D eigenvalue weighted by Gasteiger charge is 2.18. The molecule has 0 saturated carbocycles. The van der Waals surface area contributed by atoms with Crippen LogP contribution in [0.3, 0.4) is 0 Å². The van der Waals surface area contributed by atoms with Crippen molar-refractivity contribution < 1.29 is 0 Å². The van der Waals surface area contributed by atoms with Crippen LogP contribution in [0, 0.1) is 0 Å². The summed E-state index contributed by atoms with van der Waals surface area (Å²) >= 11 is 0. The van der Waals surface area contributed by atoms with Gasteiger partial charge < -0.3 is 0 Å². The molecule has 22 heavy (non-hydrogen) atoms. The molecule has 0 heteroatoms. The van der Waals surface area contributed by atoms with Crippen molar-refractivity contribution in [2.24, 2.45) is 0 Å². The van der Waals surface area contributed by atoms with E-state index in [2.05, 4.69) is 54.6 Å². The second kappa shape index (κ2) is 6.12. The van der Waals surface area contributed by atoms with Crippen molar-refractivity contribution in [1.29, 1.82) is 0 Å². The molecule has 0 amide bonds. The SMILES string of the molecule is C1=Cc2ccc(C3CCc4ccccc4CC3)cc2CCC1. The van der Waals surface area contributed by atoms with Crippen LogP contribution < -0.4 is 0 Å². The van der Waals surface area contributed by atoms with Crippen molar-refractivity contribution in [3.8, 4) is 0 Å². The van der Waals surface area contributed by atoms with Gasteiger partial charge in [0.1, 0.15) is 0 Å². The van der Waals surface area contributed by atoms with Crippen molar-refractivity contribution in [2.45, 2.75) is 50.9 Å². The summed E-state index contributed by atoms with van der Waals surface area (Å²) in [6, 6.07) is 16.3. The quantitative estimate of drug-likeness (QED) is 0.591. The summed E-state index contributed by atoms with van der Waals surface area (Å²) < 4.78 is 0. The van der Waals surface area contributed by atoms with Gasteiger partial charge in [-0.15, -0.1) is 0 Å². The van der Waals surface area contributed by atoms with E-state index in [9.17, 15) is 0 Å². The maximum Gasteiger partial charge on any atom is -0.0156 e. The molecule has 0 spiro atoms. The highest BCUT2D eigenvalue weighted by molar-refractivity contribution is 5.56. The molecular weight excluding hydrogens is 264 g/mol. The van der Waals surface area contributed by atoms with Crippen LogP contribution in [0.4, 0.5) is 0 Å². The number of hydrogen-bond acceptors (Lipinski definition) is 0. The Labute approximate surface area is 133 Å². The van der Waals surface area contributed by atoms with E-state index in [0.29, 0.717) is 0 Å². The molecule has 0 N–H and O–H groups in total. The Hall–Kier alpha value is -1.82. The molecule has 2 aromatic carbocycles. The molecular formula is C22H24.